The molecule has 0 unspecified atom stereocenters. The lowest BCUT2D eigenvalue weighted by molar-refractivity contribution is 0.0488. The maximum atomic E-state index is 11.8. The molecule has 1 aliphatic carbocycles. The van der Waals surface area contributed by atoms with E-state index in [4.69, 9.17) is 12.6 Å². The molecule has 23 heavy (non-hydrogen) atoms. The second kappa shape index (κ2) is 7.66. The molecule has 1 heterocycles. The number of carbonyl (C=O) groups is 1. The second-order valence-corrected chi connectivity index (χ2v) is 7.09. The van der Waals surface area contributed by atoms with Gasteiger partial charge in [-0.1, -0.05) is 0 Å². The first-order valence-corrected chi connectivity index (χ1v) is 8.14. The van der Waals surface area contributed by atoms with Crippen molar-refractivity contribution in [2.45, 2.75) is 58.1 Å². The number of hydrogen-bond acceptors (Lipinski definition) is 5. The van der Waals surface area contributed by atoms with Crippen LogP contribution >= 0.6 is 0 Å². The Bertz CT molecular complexity index is 508. The van der Waals surface area contributed by atoms with E-state index in [-0.39, 0.29) is 12.1 Å². The zero-order valence-electron chi connectivity index (χ0n) is 14.1. The third kappa shape index (κ3) is 6.46. The predicted molar refractivity (Wildman–Crippen MR) is 91.0 cm³/mol. The minimum absolute atomic E-state index is 0.206. The van der Waals surface area contributed by atoms with Crippen molar-refractivity contribution >= 4 is 25.4 Å². The molecule has 1 amide bonds. The number of alkyl carbamates (subject to hydrolysis) is 1. The van der Waals surface area contributed by atoms with Crippen LogP contribution in [0, 0.1) is 5.92 Å². The molecule has 0 saturated heterocycles. The molecular formula is C16H25BN4O2. The number of anilines is 1. The zero-order chi connectivity index (χ0) is 16.9. The van der Waals surface area contributed by atoms with E-state index in [9.17, 15) is 4.79 Å². The highest BCUT2D eigenvalue weighted by Crippen LogP contribution is 2.24. The minimum Gasteiger partial charge on any atom is -0.444 e. The monoisotopic (exact) mass is 316 g/mol. The van der Waals surface area contributed by atoms with E-state index in [0.717, 1.165) is 38.0 Å². The van der Waals surface area contributed by atoms with Gasteiger partial charge < -0.3 is 15.4 Å². The topological polar surface area (TPSA) is 76.1 Å². The van der Waals surface area contributed by atoms with Crippen molar-refractivity contribution < 1.29 is 9.53 Å². The van der Waals surface area contributed by atoms with Crippen LogP contribution < -0.4 is 16.2 Å². The molecule has 2 radical (unpaired) electrons. The Morgan fingerprint density at radius 1 is 1.26 bits per heavy atom. The summed E-state index contributed by atoms with van der Waals surface area (Å²) in [5.41, 5.74) is -0.0324. The van der Waals surface area contributed by atoms with Crippen LogP contribution in [0.1, 0.15) is 46.5 Å². The lowest BCUT2D eigenvalue weighted by Crippen LogP contribution is -2.41. The molecule has 124 valence electrons. The molecule has 1 aromatic rings. The maximum absolute atomic E-state index is 11.8. The van der Waals surface area contributed by atoms with Crippen molar-refractivity contribution in [2.24, 2.45) is 5.92 Å². The molecule has 0 aliphatic heterocycles. The van der Waals surface area contributed by atoms with Gasteiger partial charge in [-0.3, -0.25) is 0 Å². The number of ether oxygens (including phenoxy) is 1. The summed E-state index contributed by atoms with van der Waals surface area (Å²) in [6.07, 6.45) is 3.75. The van der Waals surface area contributed by atoms with Crippen molar-refractivity contribution in [3.8, 4) is 0 Å². The van der Waals surface area contributed by atoms with E-state index in [1.54, 1.807) is 6.07 Å². The van der Waals surface area contributed by atoms with E-state index >= 15 is 0 Å². The third-order valence-corrected chi connectivity index (χ3v) is 3.82. The summed E-state index contributed by atoms with van der Waals surface area (Å²) in [4.78, 5) is 11.8. The lowest BCUT2D eigenvalue weighted by atomic mass is 9.86. The fourth-order valence-electron chi connectivity index (χ4n) is 2.67. The van der Waals surface area contributed by atoms with Gasteiger partial charge in [0.15, 0.2) is 0 Å². The zero-order valence-corrected chi connectivity index (χ0v) is 14.1. The summed E-state index contributed by atoms with van der Waals surface area (Å²) < 4.78 is 5.29. The van der Waals surface area contributed by atoms with Gasteiger partial charge in [0.05, 0.1) is 0 Å². The molecule has 1 aromatic heterocycles. The van der Waals surface area contributed by atoms with Gasteiger partial charge in [0.2, 0.25) is 0 Å². The Kier molecular flexibility index (Phi) is 5.85. The summed E-state index contributed by atoms with van der Waals surface area (Å²) in [6.45, 7) is 6.47. The van der Waals surface area contributed by atoms with Crippen molar-refractivity contribution in [1.82, 2.24) is 15.5 Å². The first kappa shape index (κ1) is 17.6. The Balaban J connectivity index is 1.67. The molecule has 1 saturated carbocycles. The SMILES string of the molecule is [B]c1ccc(NCC2CCC(NC(=O)OC(C)(C)C)CC2)nn1. The molecule has 7 heteroatoms. The Morgan fingerprint density at radius 2 is 1.96 bits per heavy atom. The van der Waals surface area contributed by atoms with Crippen molar-refractivity contribution in [3.63, 3.8) is 0 Å². The van der Waals surface area contributed by atoms with Crippen LogP contribution in [0.5, 0.6) is 0 Å². The third-order valence-electron chi connectivity index (χ3n) is 3.82. The van der Waals surface area contributed by atoms with Gasteiger partial charge in [-0.15, -0.1) is 5.10 Å². The molecule has 6 nitrogen and oxygen atoms in total. The average Bonchev–Trinajstić information content (AvgIpc) is 2.46. The lowest BCUT2D eigenvalue weighted by Gasteiger charge is -2.30. The summed E-state index contributed by atoms with van der Waals surface area (Å²) in [7, 11) is 5.51. The molecule has 2 N–H and O–H groups in total. The van der Waals surface area contributed by atoms with E-state index in [2.05, 4.69) is 20.8 Å². The van der Waals surface area contributed by atoms with E-state index in [1.165, 1.54) is 0 Å². The summed E-state index contributed by atoms with van der Waals surface area (Å²) in [6, 6.07) is 3.77. The van der Waals surface area contributed by atoms with Crippen LogP contribution in [0.25, 0.3) is 0 Å². The smallest absolute Gasteiger partial charge is 0.407 e. The molecule has 1 fully saturated rings. The van der Waals surface area contributed by atoms with Crippen molar-refractivity contribution in [3.05, 3.63) is 12.1 Å². The fourth-order valence-corrected chi connectivity index (χ4v) is 2.67. The number of rotatable bonds is 4. The summed E-state index contributed by atoms with van der Waals surface area (Å²) in [5, 5.41) is 14.1. The number of aromatic nitrogens is 2. The molecule has 0 atom stereocenters. The standard InChI is InChI=1S/C16H25BN4O2/c1-16(2,3)23-15(22)19-12-6-4-11(5-7-12)10-18-14-9-8-13(17)20-21-14/h8-9,11-12H,4-7,10H2,1-3H3,(H,18,21)(H,19,22). The minimum atomic E-state index is -0.453. The molecule has 0 aromatic carbocycles. The van der Waals surface area contributed by atoms with Gasteiger partial charge >= 0.3 is 6.09 Å². The largest absolute Gasteiger partial charge is 0.444 e. The van der Waals surface area contributed by atoms with Crippen LogP contribution in [-0.4, -0.2) is 42.3 Å². The molecule has 0 bridgehead atoms. The van der Waals surface area contributed by atoms with Crippen LogP contribution in [0.4, 0.5) is 10.6 Å². The normalized spacial score (nSPS) is 21.5. The Hall–Kier alpha value is -1.79. The van der Waals surface area contributed by atoms with Gasteiger partial charge in [0.25, 0.3) is 0 Å². The molecule has 2 rings (SSSR count). The van der Waals surface area contributed by atoms with Crippen molar-refractivity contribution in [2.75, 3.05) is 11.9 Å². The average molecular weight is 316 g/mol. The van der Waals surface area contributed by atoms with Crippen LogP contribution in [-0.2, 0) is 4.74 Å². The quantitative estimate of drug-likeness (QED) is 0.828. The number of amides is 1. The van der Waals surface area contributed by atoms with Crippen LogP contribution in [0.15, 0.2) is 12.1 Å². The molecule has 0 spiro atoms. The number of nitrogens with zero attached hydrogens (tertiary/aromatic N) is 2. The fraction of sp³-hybridized carbons (Fsp3) is 0.688. The second-order valence-electron chi connectivity index (χ2n) is 7.09. The first-order chi connectivity index (χ1) is 10.8. The number of carbonyl (C=O) groups excluding carboxylic acids is 1. The van der Waals surface area contributed by atoms with E-state index in [0.29, 0.717) is 11.5 Å². The summed E-state index contributed by atoms with van der Waals surface area (Å²) >= 11 is 0. The van der Waals surface area contributed by atoms with Gasteiger partial charge in [0, 0.05) is 18.2 Å². The van der Waals surface area contributed by atoms with Gasteiger partial charge in [0.1, 0.15) is 19.3 Å². The van der Waals surface area contributed by atoms with Gasteiger partial charge in [-0.05, 0) is 64.5 Å². The highest BCUT2D eigenvalue weighted by atomic mass is 16.6. The molecular weight excluding hydrogens is 291 g/mol. The van der Waals surface area contributed by atoms with E-state index < -0.39 is 5.60 Å². The number of nitrogens with one attached hydrogen (secondary N) is 2. The Morgan fingerprint density at radius 3 is 2.52 bits per heavy atom. The highest BCUT2D eigenvalue weighted by Gasteiger charge is 2.24. The van der Waals surface area contributed by atoms with Crippen LogP contribution in [0.2, 0.25) is 0 Å². The Labute approximate surface area is 139 Å². The summed E-state index contributed by atoms with van der Waals surface area (Å²) in [5.74, 6) is 1.32. The van der Waals surface area contributed by atoms with E-state index in [1.807, 2.05) is 26.8 Å². The highest BCUT2D eigenvalue weighted by molar-refractivity contribution is 6.30. The first-order valence-electron chi connectivity index (χ1n) is 8.14. The van der Waals surface area contributed by atoms with Crippen LogP contribution in [0.3, 0.4) is 0 Å². The molecule has 1 aliphatic rings. The predicted octanol–water partition coefficient (Wildman–Crippen LogP) is 1.77. The van der Waals surface area contributed by atoms with Gasteiger partial charge in [-0.2, -0.15) is 5.10 Å². The number of hydrogen-bond donors (Lipinski definition) is 2. The van der Waals surface area contributed by atoms with Crippen molar-refractivity contribution in [1.29, 1.82) is 0 Å². The van der Waals surface area contributed by atoms with Gasteiger partial charge in [-0.25, -0.2) is 4.79 Å². The maximum Gasteiger partial charge on any atom is 0.407 e.